The Balaban J connectivity index is 1.61. The smallest absolute Gasteiger partial charge is 0.271 e. The SMILES string of the molecule is C/C(=N\OC(C)(C)C)C(=O)N1CCC(COc2c(F)cc(-c3ccc(/C=[N+](\[O-])C(C)C)cc3F)cc2F)CC1. The number of piperidine rings is 1. The third-order valence-corrected chi connectivity index (χ3v) is 6.22. The van der Waals surface area contributed by atoms with Crippen molar-refractivity contribution >= 4 is 17.8 Å². The number of rotatable bonds is 8. The summed E-state index contributed by atoms with van der Waals surface area (Å²) in [7, 11) is 0. The van der Waals surface area contributed by atoms with E-state index in [1.807, 2.05) is 20.8 Å². The van der Waals surface area contributed by atoms with Crippen LogP contribution in [0.25, 0.3) is 11.1 Å². The van der Waals surface area contributed by atoms with E-state index in [9.17, 15) is 23.2 Å². The minimum Gasteiger partial charge on any atom is -0.624 e. The molecule has 2 aromatic carbocycles. The quantitative estimate of drug-likeness (QED) is 0.178. The van der Waals surface area contributed by atoms with E-state index < -0.39 is 28.8 Å². The molecule has 2 aromatic rings. The Bertz CT molecular complexity index is 1220. The average Bonchev–Trinajstić information content (AvgIpc) is 2.86. The van der Waals surface area contributed by atoms with Crippen LogP contribution in [0.2, 0.25) is 0 Å². The summed E-state index contributed by atoms with van der Waals surface area (Å²) >= 11 is 0. The third kappa shape index (κ3) is 8.21. The van der Waals surface area contributed by atoms with Gasteiger partial charge in [-0.15, -0.1) is 0 Å². The van der Waals surface area contributed by atoms with Crippen LogP contribution in [0.3, 0.4) is 0 Å². The first-order valence-electron chi connectivity index (χ1n) is 13.0. The van der Waals surface area contributed by atoms with Gasteiger partial charge in [0.15, 0.2) is 29.6 Å². The van der Waals surface area contributed by atoms with Gasteiger partial charge in [-0.25, -0.2) is 17.9 Å². The molecule has 39 heavy (non-hydrogen) atoms. The molecule has 0 radical (unpaired) electrons. The van der Waals surface area contributed by atoms with Crippen molar-refractivity contribution in [3.05, 3.63) is 58.6 Å². The average molecular weight is 548 g/mol. The van der Waals surface area contributed by atoms with E-state index in [4.69, 9.17) is 9.57 Å². The van der Waals surface area contributed by atoms with Gasteiger partial charge in [0, 0.05) is 24.2 Å². The maximum absolute atomic E-state index is 14.8. The molecule has 0 bridgehead atoms. The molecule has 0 N–H and O–H groups in total. The zero-order valence-corrected chi connectivity index (χ0v) is 23.3. The van der Waals surface area contributed by atoms with Crippen LogP contribution in [0.4, 0.5) is 13.2 Å². The lowest BCUT2D eigenvalue weighted by Crippen LogP contribution is -2.42. The minimum atomic E-state index is -0.941. The molecule has 1 fully saturated rings. The number of hydroxylamine groups is 1. The predicted molar refractivity (Wildman–Crippen MR) is 144 cm³/mol. The zero-order valence-electron chi connectivity index (χ0n) is 23.3. The summed E-state index contributed by atoms with van der Waals surface area (Å²) in [5, 5.41) is 15.7. The van der Waals surface area contributed by atoms with Crippen molar-refractivity contribution < 1.29 is 32.3 Å². The van der Waals surface area contributed by atoms with E-state index in [0.29, 0.717) is 36.2 Å². The van der Waals surface area contributed by atoms with E-state index >= 15 is 0 Å². The monoisotopic (exact) mass is 547 g/mol. The number of carbonyl (C=O) groups excluding carboxylic acids is 1. The lowest BCUT2D eigenvalue weighted by Gasteiger charge is -2.31. The van der Waals surface area contributed by atoms with Crippen LogP contribution in [0.15, 0.2) is 35.5 Å². The molecule has 1 aliphatic rings. The van der Waals surface area contributed by atoms with Gasteiger partial charge in [0.25, 0.3) is 5.91 Å². The van der Waals surface area contributed by atoms with Crippen LogP contribution < -0.4 is 4.74 Å². The highest BCUT2D eigenvalue weighted by molar-refractivity contribution is 6.37. The summed E-state index contributed by atoms with van der Waals surface area (Å²) in [6.07, 6.45) is 2.46. The Morgan fingerprint density at radius 1 is 1.13 bits per heavy atom. The normalized spacial score (nSPS) is 15.6. The van der Waals surface area contributed by atoms with Crippen LogP contribution in [0.5, 0.6) is 5.75 Å². The summed E-state index contributed by atoms with van der Waals surface area (Å²) in [5.74, 6) is -3.32. The second-order valence-corrected chi connectivity index (χ2v) is 11.0. The Labute approximate surface area is 227 Å². The fourth-order valence-electron chi connectivity index (χ4n) is 3.97. The Morgan fingerprint density at radius 3 is 2.28 bits per heavy atom. The molecule has 212 valence electrons. The number of amides is 1. The Morgan fingerprint density at radius 2 is 1.74 bits per heavy atom. The van der Waals surface area contributed by atoms with Gasteiger partial charge in [-0.3, -0.25) is 4.79 Å². The number of benzene rings is 2. The van der Waals surface area contributed by atoms with Gasteiger partial charge in [-0.05, 0) is 90.1 Å². The van der Waals surface area contributed by atoms with E-state index in [1.165, 1.54) is 18.3 Å². The van der Waals surface area contributed by atoms with E-state index in [1.54, 1.807) is 25.7 Å². The number of oxime groups is 1. The fraction of sp³-hybridized carbons (Fsp3) is 0.483. The number of carbonyl (C=O) groups is 1. The third-order valence-electron chi connectivity index (χ3n) is 6.22. The fourth-order valence-corrected chi connectivity index (χ4v) is 3.97. The highest BCUT2D eigenvalue weighted by Gasteiger charge is 2.26. The number of halogens is 3. The molecule has 1 amide bonds. The van der Waals surface area contributed by atoms with E-state index in [0.717, 1.165) is 18.2 Å². The molecule has 0 aromatic heterocycles. The van der Waals surface area contributed by atoms with Crippen molar-refractivity contribution in [1.82, 2.24) is 4.90 Å². The van der Waals surface area contributed by atoms with Crippen molar-refractivity contribution in [3.8, 4) is 16.9 Å². The second kappa shape index (κ2) is 12.5. The molecule has 1 aliphatic heterocycles. The first-order chi connectivity index (χ1) is 18.2. The Hall–Kier alpha value is -3.56. The van der Waals surface area contributed by atoms with Crippen LogP contribution >= 0.6 is 0 Å². The van der Waals surface area contributed by atoms with Gasteiger partial charge in [-0.1, -0.05) is 11.2 Å². The molecule has 0 atom stereocenters. The maximum Gasteiger partial charge on any atom is 0.271 e. The summed E-state index contributed by atoms with van der Waals surface area (Å²) in [4.78, 5) is 19.6. The second-order valence-electron chi connectivity index (χ2n) is 11.0. The first-order valence-corrected chi connectivity index (χ1v) is 13.0. The molecule has 0 spiro atoms. The summed E-state index contributed by atoms with van der Waals surface area (Å²) in [6.45, 7) is 11.5. The standard InChI is InChI=1S/C29H36F3N3O4/c1-18(2)35(37)16-21-7-8-23(24(30)13-21)22-14-25(31)27(26(32)15-22)38-17-20-9-11-34(12-10-20)28(36)19(3)33-39-29(4,5)6/h7-8,13-16,18,20H,9-12,17H2,1-6H3/b33-19+,35-16-. The molecular formula is C29H36F3N3O4. The predicted octanol–water partition coefficient (Wildman–Crippen LogP) is 5.92. The lowest BCUT2D eigenvalue weighted by molar-refractivity contribution is -0.487. The molecule has 1 heterocycles. The van der Waals surface area contributed by atoms with Crippen molar-refractivity contribution in [2.45, 2.75) is 66.0 Å². The highest BCUT2D eigenvalue weighted by atomic mass is 19.1. The molecule has 0 unspecified atom stereocenters. The summed E-state index contributed by atoms with van der Waals surface area (Å²) in [5.41, 5.74) is 0.122. The van der Waals surface area contributed by atoms with Gasteiger partial charge >= 0.3 is 0 Å². The van der Waals surface area contributed by atoms with Crippen molar-refractivity contribution in [1.29, 1.82) is 0 Å². The van der Waals surface area contributed by atoms with Crippen LogP contribution in [0.1, 0.15) is 59.9 Å². The van der Waals surface area contributed by atoms with Gasteiger partial charge < -0.3 is 19.7 Å². The topological polar surface area (TPSA) is 77.2 Å². The zero-order chi connectivity index (χ0) is 28.9. The maximum atomic E-state index is 14.8. The van der Waals surface area contributed by atoms with E-state index in [2.05, 4.69) is 5.16 Å². The number of ether oxygens (including phenoxy) is 1. The van der Waals surface area contributed by atoms with E-state index in [-0.39, 0.29) is 41.3 Å². The van der Waals surface area contributed by atoms with Crippen molar-refractivity contribution in [2.24, 2.45) is 11.1 Å². The first kappa shape index (κ1) is 30.0. The molecule has 7 nitrogen and oxygen atoms in total. The van der Waals surface area contributed by atoms with Crippen molar-refractivity contribution in [3.63, 3.8) is 0 Å². The van der Waals surface area contributed by atoms with Crippen molar-refractivity contribution in [2.75, 3.05) is 19.7 Å². The molecular weight excluding hydrogens is 511 g/mol. The number of nitrogens with zero attached hydrogens (tertiary/aromatic N) is 3. The molecule has 1 saturated heterocycles. The molecule has 10 heteroatoms. The van der Waals surface area contributed by atoms with Crippen LogP contribution in [-0.2, 0) is 9.63 Å². The van der Waals surface area contributed by atoms with Gasteiger partial charge in [0.05, 0.1) is 6.61 Å². The number of hydrogen-bond acceptors (Lipinski definition) is 5. The molecule has 0 aliphatic carbocycles. The highest BCUT2D eigenvalue weighted by Crippen LogP contribution is 2.31. The number of likely N-dealkylation sites (tertiary alicyclic amines) is 1. The summed E-state index contributed by atoms with van der Waals surface area (Å²) < 4.78 is 50.5. The summed E-state index contributed by atoms with van der Waals surface area (Å²) in [6, 6.07) is 5.77. The van der Waals surface area contributed by atoms with Crippen LogP contribution in [0, 0.1) is 28.6 Å². The lowest BCUT2D eigenvalue weighted by atomic mass is 9.97. The van der Waals surface area contributed by atoms with Gasteiger partial charge in [0.2, 0.25) is 0 Å². The molecule has 0 saturated carbocycles. The van der Waals surface area contributed by atoms with Crippen LogP contribution in [-0.4, -0.2) is 58.8 Å². The largest absolute Gasteiger partial charge is 0.624 e. The number of hydrogen-bond donors (Lipinski definition) is 0. The Kier molecular flexibility index (Phi) is 9.63. The minimum absolute atomic E-state index is 0.00210. The van der Waals surface area contributed by atoms with Gasteiger partial charge in [-0.2, -0.15) is 0 Å². The molecule has 3 rings (SSSR count). The van der Waals surface area contributed by atoms with Gasteiger partial charge in [0.1, 0.15) is 17.1 Å².